The first-order valence-corrected chi connectivity index (χ1v) is 10.0. The Morgan fingerprint density at radius 1 is 1.17 bits per heavy atom. The number of hydrogen-bond acceptors (Lipinski definition) is 3. The number of nitrogens with zero attached hydrogens (tertiary/aromatic N) is 2. The molecule has 160 valence electrons. The molecule has 0 aliphatic rings. The zero-order valence-electron chi connectivity index (χ0n) is 18.0. The molecular weight excluding hydrogens is 381 g/mol. The first kappa shape index (κ1) is 21.6. The fourth-order valence-electron chi connectivity index (χ4n) is 3.52. The SMILES string of the molecule is CN=C(NCCc1c[nH]c2cc(F)ccc12)NCC(c1ccc(OC)cc1)N(C)C. The number of nitrogens with one attached hydrogen (secondary N) is 3. The van der Waals surface area contributed by atoms with E-state index in [1.54, 1.807) is 14.2 Å². The lowest BCUT2D eigenvalue weighted by Crippen LogP contribution is -2.42. The second kappa shape index (κ2) is 10.1. The Hall–Kier alpha value is -3.06. The fourth-order valence-corrected chi connectivity index (χ4v) is 3.52. The second-order valence-corrected chi connectivity index (χ2v) is 7.39. The van der Waals surface area contributed by atoms with Crippen molar-refractivity contribution in [1.82, 2.24) is 20.5 Å². The predicted octanol–water partition coefficient (Wildman–Crippen LogP) is 3.33. The average Bonchev–Trinajstić information content (AvgIpc) is 3.14. The summed E-state index contributed by atoms with van der Waals surface area (Å²) in [6, 6.07) is 13.2. The number of H-pyrrole nitrogens is 1. The monoisotopic (exact) mass is 411 g/mol. The topological polar surface area (TPSA) is 64.7 Å². The minimum absolute atomic E-state index is 0.193. The highest BCUT2D eigenvalue weighted by atomic mass is 19.1. The van der Waals surface area contributed by atoms with E-state index in [4.69, 9.17) is 4.74 Å². The van der Waals surface area contributed by atoms with Crippen LogP contribution >= 0.6 is 0 Å². The maximum absolute atomic E-state index is 13.4. The number of guanidine groups is 1. The molecule has 3 N–H and O–H groups in total. The molecule has 0 aliphatic carbocycles. The van der Waals surface area contributed by atoms with Crippen LogP contribution in [0.5, 0.6) is 5.75 Å². The van der Waals surface area contributed by atoms with Crippen LogP contribution in [0.4, 0.5) is 4.39 Å². The largest absolute Gasteiger partial charge is 0.497 e. The van der Waals surface area contributed by atoms with Crippen LogP contribution in [0.15, 0.2) is 53.7 Å². The van der Waals surface area contributed by atoms with Crippen LogP contribution in [0, 0.1) is 5.82 Å². The summed E-state index contributed by atoms with van der Waals surface area (Å²) in [4.78, 5) is 9.64. The molecule has 2 aromatic carbocycles. The van der Waals surface area contributed by atoms with E-state index in [9.17, 15) is 4.39 Å². The van der Waals surface area contributed by atoms with Crippen LogP contribution in [0.3, 0.4) is 0 Å². The molecule has 1 unspecified atom stereocenters. The normalized spacial score (nSPS) is 12.9. The molecule has 30 heavy (non-hydrogen) atoms. The Labute approximate surface area is 177 Å². The van der Waals surface area contributed by atoms with Gasteiger partial charge in [-0.3, -0.25) is 4.99 Å². The van der Waals surface area contributed by atoms with Gasteiger partial charge in [-0.25, -0.2) is 4.39 Å². The third-order valence-corrected chi connectivity index (χ3v) is 5.23. The summed E-state index contributed by atoms with van der Waals surface area (Å²) in [5.41, 5.74) is 3.17. The minimum Gasteiger partial charge on any atom is -0.497 e. The lowest BCUT2D eigenvalue weighted by atomic mass is 10.1. The quantitative estimate of drug-likeness (QED) is 0.393. The highest BCUT2D eigenvalue weighted by Gasteiger charge is 2.15. The first-order chi connectivity index (χ1) is 14.5. The van der Waals surface area contributed by atoms with Gasteiger partial charge in [0.25, 0.3) is 0 Å². The summed E-state index contributed by atoms with van der Waals surface area (Å²) in [6.45, 7) is 1.44. The van der Waals surface area contributed by atoms with Crippen molar-refractivity contribution < 1.29 is 9.13 Å². The molecule has 0 saturated carbocycles. The predicted molar refractivity (Wildman–Crippen MR) is 121 cm³/mol. The maximum Gasteiger partial charge on any atom is 0.191 e. The standard InChI is InChI=1S/C23H30FN5O/c1-25-23(26-12-11-17-14-27-21-13-18(24)7-10-20(17)21)28-15-22(29(2)3)16-5-8-19(30-4)9-6-16/h5-10,13-14,22,27H,11-12,15H2,1-4H3,(H2,25,26,28). The number of halogens is 1. The lowest BCUT2D eigenvalue weighted by Gasteiger charge is -2.26. The number of ether oxygens (including phenoxy) is 1. The van der Waals surface area contributed by atoms with Crippen LogP contribution in [0.25, 0.3) is 10.9 Å². The van der Waals surface area contributed by atoms with Crippen molar-refractivity contribution in [3.05, 3.63) is 65.6 Å². The number of fused-ring (bicyclic) bond motifs is 1. The molecule has 3 rings (SSSR count). The van der Waals surface area contributed by atoms with E-state index in [2.05, 4.69) is 51.7 Å². The average molecular weight is 412 g/mol. The number of likely N-dealkylation sites (N-methyl/N-ethyl adjacent to an activating group) is 1. The highest BCUT2D eigenvalue weighted by molar-refractivity contribution is 5.83. The van der Waals surface area contributed by atoms with Crippen LogP contribution in [0.1, 0.15) is 17.2 Å². The summed E-state index contributed by atoms with van der Waals surface area (Å²) in [5.74, 6) is 1.37. The number of aliphatic imine (C=N–C) groups is 1. The van der Waals surface area contributed by atoms with Gasteiger partial charge in [0.05, 0.1) is 13.2 Å². The van der Waals surface area contributed by atoms with Crippen LogP contribution in [0.2, 0.25) is 0 Å². The van der Waals surface area contributed by atoms with Gasteiger partial charge in [-0.15, -0.1) is 0 Å². The zero-order chi connectivity index (χ0) is 21.5. The van der Waals surface area contributed by atoms with Gasteiger partial charge in [0.15, 0.2) is 5.96 Å². The molecule has 0 amide bonds. The van der Waals surface area contributed by atoms with Crippen molar-refractivity contribution in [2.75, 3.05) is 41.3 Å². The van der Waals surface area contributed by atoms with E-state index >= 15 is 0 Å². The van der Waals surface area contributed by atoms with Gasteiger partial charge in [0, 0.05) is 37.2 Å². The molecule has 3 aromatic rings. The lowest BCUT2D eigenvalue weighted by molar-refractivity contribution is 0.298. The summed E-state index contributed by atoms with van der Waals surface area (Å²) >= 11 is 0. The molecule has 1 heterocycles. The van der Waals surface area contributed by atoms with Gasteiger partial charge < -0.3 is 25.3 Å². The van der Waals surface area contributed by atoms with Crippen LogP contribution < -0.4 is 15.4 Å². The molecule has 1 atom stereocenters. The summed E-state index contributed by atoms with van der Waals surface area (Å²) in [6.07, 6.45) is 2.75. The van der Waals surface area contributed by atoms with Gasteiger partial charge in [-0.05, 0) is 62.0 Å². The number of rotatable bonds is 8. The van der Waals surface area contributed by atoms with E-state index in [-0.39, 0.29) is 11.9 Å². The third-order valence-electron chi connectivity index (χ3n) is 5.23. The Morgan fingerprint density at radius 3 is 2.60 bits per heavy atom. The molecule has 0 bridgehead atoms. The molecule has 7 heteroatoms. The van der Waals surface area contributed by atoms with Crippen molar-refractivity contribution in [3.63, 3.8) is 0 Å². The summed E-state index contributed by atoms with van der Waals surface area (Å²) in [5, 5.41) is 7.82. The van der Waals surface area contributed by atoms with Gasteiger partial charge >= 0.3 is 0 Å². The Balaban J connectivity index is 1.55. The summed E-state index contributed by atoms with van der Waals surface area (Å²) in [7, 11) is 7.56. The van der Waals surface area contributed by atoms with Crippen LogP contribution in [-0.2, 0) is 6.42 Å². The Morgan fingerprint density at radius 2 is 1.93 bits per heavy atom. The second-order valence-electron chi connectivity index (χ2n) is 7.39. The molecular formula is C23H30FN5O. The highest BCUT2D eigenvalue weighted by Crippen LogP contribution is 2.21. The van der Waals surface area contributed by atoms with Crippen LogP contribution in [-0.4, -0.2) is 57.2 Å². The van der Waals surface area contributed by atoms with Gasteiger partial charge in [0.1, 0.15) is 11.6 Å². The number of benzene rings is 2. The van der Waals surface area contributed by atoms with Gasteiger partial charge in [-0.1, -0.05) is 12.1 Å². The molecule has 0 radical (unpaired) electrons. The van der Waals surface area contributed by atoms with Crippen molar-refractivity contribution in [2.45, 2.75) is 12.5 Å². The molecule has 0 spiro atoms. The minimum atomic E-state index is -0.231. The smallest absolute Gasteiger partial charge is 0.191 e. The fraction of sp³-hybridized carbons (Fsp3) is 0.348. The van der Waals surface area contributed by atoms with Crippen molar-refractivity contribution >= 4 is 16.9 Å². The van der Waals surface area contributed by atoms with E-state index < -0.39 is 0 Å². The van der Waals surface area contributed by atoms with E-state index in [0.29, 0.717) is 6.54 Å². The first-order valence-electron chi connectivity index (χ1n) is 10.0. The molecule has 0 fully saturated rings. The Kier molecular flexibility index (Phi) is 7.30. The number of methoxy groups -OCH3 is 1. The summed E-state index contributed by atoms with van der Waals surface area (Å²) < 4.78 is 18.6. The van der Waals surface area contributed by atoms with Gasteiger partial charge in [0.2, 0.25) is 0 Å². The van der Waals surface area contributed by atoms with Gasteiger partial charge in [-0.2, -0.15) is 0 Å². The van der Waals surface area contributed by atoms with E-state index in [1.165, 1.54) is 17.7 Å². The van der Waals surface area contributed by atoms with Crippen molar-refractivity contribution in [3.8, 4) is 5.75 Å². The molecule has 0 saturated heterocycles. The molecule has 0 aliphatic heterocycles. The van der Waals surface area contributed by atoms with E-state index in [1.807, 2.05) is 24.4 Å². The maximum atomic E-state index is 13.4. The third kappa shape index (κ3) is 5.30. The molecule has 1 aromatic heterocycles. The van der Waals surface area contributed by atoms with E-state index in [0.717, 1.165) is 41.1 Å². The number of aromatic nitrogens is 1. The van der Waals surface area contributed by atoms with Crippen molar-refractivity contribution in [1.29, 1.82) is 0 Å². The number of aromatic amines is 1. The number of hydrogen-bond donors (Lipinski definition) is 3. The molecule has 6 nitrogen and oxygen atoms in total. The zero-order valence-corrected chi connectivity index (χ0v) is 18.0. The Bertz CT molecular complexity index is 981. The van der Waals surface area contributed by atoms with Crippen molar-refractivity contribution in [2.24, 2.45) is 4.99 Å².